The molecule has 3 nitrogen and oxygen atoms in total. The van der Waals surface area contributed by atoms with Crippen molar-refractivity contribution in [2.45, 2.75) is 25.7 Å². The van der Waals surface area contributed by atoms with Crippen molar-refractivity contribution >= 4 is 11.7 Å². The van der Waals surface area contributed by atoms with Crippen LogP contribution in [0, 0.1) is 0 Å². The van der Waals surface area contributed by atoms with Gasteiger partial charge in [0.2, 0.25) is 5.91 Å². The fourth-order valence-corrected chi connectivity index (χ4v) is 1.67. The van der Waals surface area contributed by atoms with E-state index in [2.05, 4.69) is 9.89 Å². The SMILES string of the molecule is O=C1CCN2CCCCC2=N1. The van der Waals surface area contributed by atoms with Gasteiger partial charge in [0.25, 0.3) is 0 Å². The minimum absolute atomic E-state index is 0.0677. The molecule has 2 rings (SSSR count). The van der Waals surface area contributed by atoms with E-state index in [4.69, 9.17) is 0 Å². The maximum Gasteiger partial charge on any atom is 0.249 e. The highest BCUT2D eigenvalue weighted by atomic mass is 16.1. The summed E-state index contributed by atoms with van der Waals surface area (Å²) in [6.45, 7) is 2.00. The number of piperidine rings is 1. The van der Waals surface area contributed by atoms with Gasteiger partial charge in [-0.05, 0) is 12.8 Å². The molecule has 11 heavy (non-hydrogen) atoms. The molecule has 3 heteroatoms. The molecule has 0 aromatic rings. The fraction of sp³-hybridized carbons (Fsp3) is 0.750. The van der Waals surface area contributed by atoms with Gasteiger partial charge in [0.15, 0.2) is 0 Å². The molecule has 0 atom stereocenters. The van der Waals surface area contributed by atoms with Crippen molar-refractivity contribution < 1.29 is 4.79 Å². The van der Waals surface area contributed by atoms with Gasteiger partial charge in [0.1, 0.15) is 5.84 Å². The van der Waals surface area contributed by atoms with Crippen molar-refractivity contribution in [3.05, 3.63) is 0 Å². The molecule has 0 aliphatic carbocycles. The molecule has 0 radical (unpaired) electrons. The van der Waals surface area contributed by atoms with Crippen molar-refractivity contribution in [2.75, 3.05) is 13.1 Å². The topological polar surface area (TPSA) is 32.7 Å². The van der Waals surface area contributed by atoms with E-state index in [1.54, 1.807) is 0 Å². The Morgan fingerprint density at radius 3 is 3.00 bits per heavy atom. The number of rotatable bonds is 0. The second-order valence-corrected chi connectivity index (χ2v) is 3.12. The van der Waals surface area contributed by atoms with Crippen LogP contribution in [0.1, 0.15) is 25.7 Å². The zero-order valence-electron chi connectivity index (χ0n) is 6.55. The lowest BCUT2D eigenvalue weighted by Crippen LogP contribution is -2.40. The Morgan fingerprint density at radius 1 is 1.18 bits per heavy atom. The van der Waals surface area contributed by atoms with Gasteiger partial charge < -0.3 is 4.90 Å². The Hall–Kier alpha value is -0.860. The van der Waals surface area contributed by atoms with Crippen LogP contribution in [-0.4, -0.2) is 29.7 Å². The van der Waals surface area contributed by atoms with E-state index in [0.29, 0.717) is 6.42 Å². The van der Waals surface area contributed by atoms with Crippen LogP contribution in [0.2, 0.25) is 0 Å². The molecule has 60 valence electrons. The van der Waals surface area contributed by atoms with Crippen molar-refractivity contribution in [1.29, 1.82) is 0 Å². The first-order chi connectivity index (χ1) is 5.36. The van der Waals surface area contributed by atoms with E-state index < -0.39 is 0 Å². The summed E-state index contributed by atoms with van der Waals surface area (Å²) in [4.78, 5) is 17.2. The lowest BCUT2D eigenvalue weighted by Gasteiger charge is -2.32. The molecule has 0 bridgehead atoms. The predicted molar refractivity (Wildman–Crippen MR) is 42.5 cm³/mol. The normalized spacial score (nSPS) is 24.5. The number of hydrogen-bond acceptors (Lipinski definition) is 2. The number of fused-ring (bicyclic) bond motifs is 1. The van der Waals surface area contributed by atoms with Gasteiger partial charge in [0.05, 0.1) is 0 Å². The van der Waals surface area contributed by atoms with Gasteiger partial charge in [0, 0.05) is 25.9 Å². The van der Waals surface area contributed by atoms with E-state index in [1.165, 1.54) is 12.8 Å². The molecular formula is C8H12N2O. The number of nitrogens with zero attached hydrogens (tertiary/aromatic N) is 2. The van der Waals surface area contributed by atoms with Crippen LogP contribution in [-0.2, 0) is 4.79 Å². The average Bonchev–Trinajstić information content (AvgIpc) is 2.04. The van der Waals surface area contributed by atoms with Gasteiger partial charge in [-0.1, -0.05) is 0 Å². The van der Waals surface area contributed by atoms with Crippen LogP contribution < -0.4 is 0 Å². The van der Waals surface area contributed by atoms with Crippen LogP contribution in [0.5, 0.6) is 0 Å². The number of carbonyl (C=O) groups excluding carboxylic acids is 1. The first kappa shape index (κ1) is 6.83. The van der Waals surface area contributed by atoms with E-state index in [1.807, 2.05) is 0 Å². The molecular weight excluding hydrogens is 140 g/mol. The highest BCUT2D eigenvalue weighted by Gasteiger charge is 2.21. The molecule has 0 aromatic heterocycles. The number of amides is 1. The maximum atomic E-state index is 10.9. The van der Waals surface area contributed by atoms with Gasteiger partial charge in [-0.15, -0.1) is 0 Å². The average molecular weight is 152 g/mol. The molecule has 1 saturated heterocycles. The Kier molecular flexibility index (Phi) is 1.64. The highest BCUT2D eigenvalue weighted by Crippen LogP contribution is 2.15. The summed E-state index contributed by atoms with van der Waals surface area (Å²) in [5.41, 5.74) is 0. The van der Waals surface area contributed by atoms with Crippen molar-refractivity contribution in [3.8, 4) is 0 Å². The van der Waals surface area contributed by atoms with E-state index >= 15 is 0 Å². The second-order valence-electron chi connectivity index (χ2n) is 3.12. The van der Waals surface area contributed by atoms with E-state index in [0.717, 1.165) is 25.3 Å². The lowest BCUT2D eigenvalue weighted by molar-refractivity contribution is -0.118. The molecule has 1 fully saturated rings. The predicted octanol–water partition coefficient (Wildman–Crippen LogP) is 0.801. The fourth-order valence-electron chi connectivity index (χ4n) is 1.67. The molecule has 2 aliphatic rings. The van der Waals surface area contributed by atoms with E-state index in [9.17, 15) is 4.79 Å². The molecule has 0 saturated carbocycles. The summed E-state index contributed by atoms with van der Waals surface area (Å²) < 4.78 is 0. The Bertz CT molecular complexity index is 210. The van der Waals surface area contributed by atoms with Gasteiger partial charge in [-0.25, -0.2) is 4.99 Å². The quantitative estimate of drug-likeness (QED) is 0.514. The summed E-state index contributed by atoms with van der Waals surface area (Å²) in [6, 6.07) is 0. The minimum Gasteiger partial charge on any atom is -0.359 e. The molecule has 0 N–H and O–H groups in total. The second kappa shape index (κ2) is 2.64. The number of carbonyl (C=O) groups is 1. The summed E-state index contributed by atoms with van der Waals surface area (Å²) in [6.07, 6.45) is 4.07. The third-order valence-corrected chi connectivity index (χ3v) is 2.29. The molecule has 0 aromatic carbocycles. The first-order valence-electron chi connectivity index (χ1n) is 4.21. The largest absolute Gasteiger partial charge is 0.359 e. The Morgan fingerprint density at radius 2 is 2.09 bits per heavy atom. The number of hydrogen-bond donors (Lipinski definition) is 0. The van der Waals surface area contributed by atoms with Gasteiger partial charge in [-0.3, -0.25) is 4.79 Å². The Labute approximate surface area is 66.1 Å². The molecule has 0 unspecified atom stereocenters. The van der Waals surface area contributed by atoms with Crippen molar-refractivity contribution in [2.24, 2.45) is 4.99 Å². The van der Waals surface area contributed by atoms with Crippen molar-refractivity contribution in [3.63, 3.8) is 0 Å². The third-order valence-electron chi connectivity index (χ3n) is 2.29. The number of amidine groups is 1. The summed E-state index contributed by atoms with van der Waals surface area (Å²) >= 11 is 0. The molecule has 1 amide bonds. The highest BCUT2D eigenvalue weighted by molar-refractivity contribution is 5.96. The minimum atomic E-state index is 0.0677. The third kappa shape index (κ3) is 1.27. The maximum absolute atomic E-state index is 10.9. The van der Waals surface area contributed by atoms with Crippen molar-refractivity contribution in [1.82, 2.24) is 4.90 Å². The van der Waals surface area contributed by atoms with Crippen LogP contribution in [0.4, 0.5) is 0 Å². The van der Waals surface area contributed by atoms with Gasteiger partial charge >= 0.3 is 0 Å². The summed E-state index contributed by atoms with van der Waals surface area (Å²) in [5.74, 6) is 1.10. The van der Waals surface area contributed by atoms with Crippen LogP contribution >= 0.6 is 0 Å². The van der Waals surface area contributed by atoms with Crippen LogP contribution in [0.25, 0.3) is 0 Å². The van der Waals surface area contributed by atoms with Gasteiger partial charge in [-0.2, -0.15) is 0 Å². The zero-order valence-corrected chi connectivity index (χ0v) is 6.55. The molecule has 0 spiro atoms. The first-order valence-corrected chi connectivity index (χ1v) is 4.21. The Balaban J connectivity index is 2.16. The monoisotopic (exact) mass is 152 g/mol. The molecule has 2 aliphatic heterocycles. The smallest absolute Gasteiger partial charge is 0.249 e. The summed E-state index contributed by atoms with van der Waals surface area (Å²) in [7, 11) is 0. The standard InChI is InChI=1S/C8H12N2O/c11-8-4-6-10-5-2-1-3-7(10)9-8/h1-6H2. The lowest BCUT2D eigenvalue weighted by atomic mass is 10.1. The zero-order chi connectivity index (χ0) is 7.68. The summed E-state index contributed by atoms with van der Waals surface area (Å²) in [5, 5.41) is 0. The number of aliphatic imine (C=N–C) groups is 1. The van der Waals surface area contributed by atoms with Crippen LogP contribution in [0.15, 0.2) is 4.99 Å². The molecule has 2 heterocycles. The van der Waals surface area contributed by atoms with E-state index in [-0.39, 0.29) is 5.91 Å². The van der Waals surface area contributed by atoms with Crippen LogP contribution in [0.3, 0.4) is 0 Å².